The molecule has 8 nitrogen and oxygen atoms in total. The quantitative estimate of drug-likeness (QED) is 0.742. The molecule has 2 N–H and O–H groups in total. The topological polar surface area (TPSA) is 89.9 Å². The molecule has 0 unspecified atom stereocenters. The average Bonchev–Trinajstić information content (AvgIpc) is 3.33. The Morgan fingerprint density at radius 3 is 3.21 bits per heavy atom. The molecule has 3 aromatic rings. The molecule has 0 aromatic carbocycles. The van der Waals surface area contributed by atoms with Crippen molar-refractivity contribution in [2.75, 3.05) is 13.6 Å². The fraction of sp³-hybridized carbons (Fsp3) is 0.312. The molecular formula is C16H18N6O2. The molecule has 0 bridgehead atoms. The third-order valence-electron chi connectivity index (χ3n) is 4.05. The predicted octanol–water partition coefficient (Wildman–Crippen LogP) is 0.851. The van der Waals surface area contributed by atoms with Gasteiger partial charge < -0.3 is 19.6 Å². The van der Waals surface area contributed by atoms with E-state index in [9.17, 15) is 4.79 Å². The average molecular weight is 326 g/mol. The van der Waals surface area contributed by atoms with E-state index in [1.165, 1.54) is 0 Å². The lowest BCUT2D eigenvalue weighted by molar-refractivity contribution is 0.0933. The van der Waals surface area contributed by atoms with Crippen LogP contribution in [-0.4, -0.2) is 38.8 Å². The third kappa shape index (κ3) is 2.61. The lowest BCUT2D eigenvalue weighted by Gasteiger charge is -2.13. The summed E-state index contributed by atoms with van der Waals surface area (Å²) in [6.07, 6.45) is 3.63. The zero-order valence-corrected chi connectivity index (χ0v) is 13.3. The van der Waals surface area contributed by atoms with Crippen LogP contribution in [0.25, 0.3) is 11.5 Å². The number of imidazole rings is 1. The smallest absolute Gasteiger partial charge is 0.286 e. The van der Waals surface area contributed by atoms with Crippen LogP contribution in [0.4, 0.5) is 0 Å². The minimum absolute atomic E-state index is 0.235. The summed E-state index contributed by atoms with van der Waals surface area (Å²) in [4.78, 5) is 16.0. The molecule has 0 radical (unpaired) electrons. The van der Waals surface area contributed by atoms with Crippen LogP contribution >= 0.6 is 0 Å². The summed E-state index contributed by atoms with van der Waals surface area (Å²) in [6, 6.07) is 5.53. The molecule has 0 spiro atoms. The molecule has 1 aliphatic rings. The normalized spacial score (nSPS) is 13.7. The largest absolute Gasteiger partial charge is 0.454 e. The molecule has 0 saturated heterocycles. The molecule has 1 aliphatic heterocycles. The maximum atomic E-state index is 11.6. The van der Waals surface area contributed by atoms with E-state index < -0.39 is 0 Å². The summed E-state index contributed by atoms with van der Waals surface area (Å²) in [5, 5.41) is 10.5. The molecule has 0 saturated carbocycles. The second-order valence-electron chi connectivity index (χ2n) is 5.64. The second kappa shape index (κ2) is 5.97. The standard InChI is InChI=1S/C16H18N6O2/c1-17-16(23)14-3-2-12(24-14)10-21-6-5-19-15(21)13-8-11-9-18-4-7-22(11)20-13/h2-3,5-6,8,18H,4,7,9-10H2,1H3,(H,17,23). The Morgan fingerprint density at radius 1 is 1.46 bits per heavy atom. The molecule has 0 atom stereocenters. The van der Waals surface area contributed by atoms with Crippen molar-refractivity contribution < 1.29 is 9.21 Å². The first-order chi connectivity index (χ1) is 11.7. The first-order valence-corrected chi connectivity index (χ1v) is 7.84. The predicted molar refractivity (Wildman–Crippen MR) is 86.4 cm³/mol. The zero-order chi connectivity index (χ0) is 16.5. The Kier molecular flexibility index (Phi) is 3.66. The van der Waals surface area contributed by atoms with Gasteiger partial charge in [0, 0.05) is 32.5 Å². The van der Waals surface area contributed by atoms with Crippen molar-refractivity contribution in [2.45, 2.75) is 19.6 Å². The highest BCUT2D eigenvalue weighted by molar-refractivity contribution is 5.91. The van der Waals surface area contributed by atoms with Crippen LogP contribution < -0.4 is 10.6 Å². The van der Waals surface area contributed by atoms with E-state index in [-0.39, 0.29) is 5.91 Å². The number of nitrogens with one attached hydrogen (secondary N) is 2. The molecule has 0 fully saturated rings. The van der Waals surface area contributed by atoms with Crippen LogP contribution in [0, 0.1) is 0 Å². The molecule has 24 heavy (non-hydrogen) atoms. The van der Waals surface area contributed by atoms with Gasteiger partial charge >= 0.3 is 0 Å². The Balaban J connectivity index is 1.59. The molecule has 8 heteroatoms. The number of hydrogen-bond acceptors (Lipinski definition) is 5. The van der Waals surface area contributed by atoms with Gasteiger partial charge in [-0.25, -0.2) is 4.98 Å². The van der Waals surface area contributed by atoms with Crippen LogP contribution in [0.5, 0.6) is 0 Å². The number of aromatic nitrogens is 4. The van der Waals surface area contributed by atoms with Gasteiger partial charge in [0.15, 0.2) is 11.6 Å². The fourth-order valence-corrected chi connectivity index (χ4v) is 2.85. The van der Waals surface area contributed by atoms with E-state index >= 15 is 0 Å². The molecule has 1 amide bonds. The first-order valence-electron chi connectivity index (χ1n) is 7.84. The second-order valence-corrected chi connectivity index (χ2v) is 5.64. The Bertz CT molecular complexity index is 851. The van der Waals surface area contributed by atoms with Crippen molar-refractivity contribution in [3.8, 4) is 11.5 Å². The minimum atomic E-state index is -0.235. The van der Waals surface area contributed by atoms with E-state index in [2.05, 4.69) is 26.8 Å². The Morgan fingerprint density at radius 2 is 2.38 bits per heavy atom. The maximum absolute atomic E-state index is 11.6. The SMILES string of the molecule is CNC(=O)c1ccc(Cn2ccnc2-c2cc3n(n2)CCNC3)o1. The van der Waals surface area contributed by atoms with Gasteiger partial charge in [0.25, 0.3) is 5.91 Å². The first kappa shape index (κ1) is 14.7. The van der Waals surface area contributed by atoms with Crippen molar-refractivity contribution in [3.63, 3.8) is 0 Å². The highest BCUT2D eigenvalue weighted by Gasteiger charge is 2.17. The lowest BCUT2D eigenvalue weighted by atomic mass is 10.3. The van der Waals surface area contributed by atoms with Gasteiger partial charge in [-0.15, -0.1) is 0 Å². The van der Waals surface area contributed by atoms with Crippen molar-refractivity contribution in [3.05, 3.63) is 47.8 Å². The number of amides is 1. The summed E-state index contributed by atoms with van der Waals surface area (Å²) < 4.78 is 9.57. The number of furan rings is 1. The van der Waals surface area contributed by atoms with Crippen LogP contribution in [0.2, 0.25) is 0 Å². The van der Waals surface area contributed by atoms with Crippen molar-refractivity contribution >= 4 is 5.91 Å². The minimum Gasteiger partial charge on any atom is -0.454 e. The zero-order valence-electron chi connectivity index (χ0n) is 13.3. The van der Waals surface area contributed by atoms with Gasteiger partial charge in [-0.05, 0) is 18.2 Å². The maximum Gasteiger partial charge on any atom is 0.286 e. The van der Waals surface area contributed by atoms with Crippen LogP contribution in [0.15, 0.2) is 35.0 Å². The highest BCUT2D eigenvalue weighted by atomic mass is 16.4. The van der Waals surface area contributed by atoms with Gasteiger partial charge in [-0.1, -0.05) is 0 Å². The third-order valence-corrected chi connectivity index (χ3v) is 4.05. The summed E-state index contributed by atoms with van der Waals surface area (Å²) in [6.45, 7) is 3.11. The van der Waals surface area contributed by atoms with Gasteiger partial charge in [-0.2, -0.15) is 5.10 Å². The van der Waals surface area contributed by atoms with E-state index in [1.54, 1.807) is 25.4 Å². The van der Waals surface area contributed by atoms with E-state index in [0.717, 1.165) is 36.8 Å². The summed E-state index contributed by atoms with van der Waals surface area (Å²) >= 11 is 0. The van der Waals surface area contributed by atoms with Gasteiger partial charge in [0.05, 0.1) is 18.8 Å². The molecule has 4 heterocycles. The number of fused-ring (bicyclic) bond motifs is 1. The Labute approximate surface area is 138 Å². The number of carbonyl (C=O) groups excluding carboxylic acids is 1. The monoisotopic (exact) mass is 326 g/mol. The lowest BCUT2D eigenvalue weighted by Crippen LogP contribution is -2.28. The van der Waals surface area contributed by atoms with Gasteiger partial charge in [-0.3, -0.25) is 9.48 Å². The number of nitrogens with zero attached hydrogens (tertiary/aromatic N) is 4. The summed E-state index contributed by atoms with van der Waals surface area (Å²) in [7, 11) is 1.58. The number of rotatable bonds is 4. The van der Waals surface area contributed by atoms with E-state index in [1.807, 2.05) is 15.4 Å². The molecule has 124 valence electrons. The summed E-state index contributed by atoms with van der Waals surface area (Å²) in [5.74, 6) is 1.55. The number of carbonyl (C=O) groups is 1. The van der Waals surface area contributed by atoms with Crippen LogP contribution in [0.1, 0.15) is 22.0 Å². The van der Waals surface area contributed by atoms with E-state index in [0.29, 0.717) is 18.1 Å². The van der Waals surface area contributed by atoms with E-state index in [4.69, 9.17) is 4.42 Å². The van der Waals surface area contributed by atoms with Crippen molar-refractivity contribution in [1.29, 1.82) is 0 Å². The number of hydrogen-bond donors (Lipinski definition) is 2. The highest BCUT2D eigenvalue weighted by Crippen LogP contribution is 2.20. The molecular weight excluding hydrogens is 308 g/mol. The van der Waals surface area contributed by atoms with Crippen molar-refractivity contribution in [2.24, 2.45) is 0 Å². The molecule has 0 aliphatic carbocycles. The van der Waals surface area contributed by atoms with Crippen molar-refractivity contribution in [1.82, 2.24) is 30.0 Å². The van der Waals surface area contributed by atoms with Gasteiger partial charge in [0.2, 0.25) is 0 Å². The van der Waals surface area contributed by atoms with Gasteiger partial charge in [0.1, 0.15) is 11.5 Å². The van der Waals surface area contributed by atoms with Crippen LogP contribution in [-0.2, 0) is 19.6 Å². The fourth-order valence-electron chi connectivity index (χ4n) is 2.85. The molecule has 3 aromatic heterocycles. The molecule has 4 rings (SSSR count). The summed E-state index contributed by atoms with van der Waals surface area (Å²) in [5.41, 5.74) is 2.00. The van der Waals surface area contributed by atoms with Crippen LogP contribution in [0.3, 0.4) is 0 Å². The Hall–Kier alpha value is -2.87.